The fourth-order valence-electron chi connectivity index (χ4n) is 1.27. The first-order valence-corrected chi connectivity index (χ1v) is 6.31. The zero-order valence-electron chi connectivity index (χ0n) is 10.7. The molecule has 6 nitrogen and oxygen atoms in total. The molecule has 0 aliphatic heterocycles. The van der Waals surface area contributed by atoms with Gasteiger partial charge in [-0.15, -0.1) is 11.3 Å². The average Bonchev–Trinajstić information content (AvgIpc) is 2.74. The number of rotatable bonds is 5. The maximum absolute atomic E-state index is 12.2. The number of hydrogen-bond acceptors (Lipinski definition) is 5. The van der Waals surface area contributed by atoms with Crippen molar-refractivity contribution in [3.63, 3.8) is 0 Å². The molecular formula is C10H13F3N4O2S. The summed E-state index contributed by atoms with van der Waals surface area (Å²) in [7, 11) is 1.19. The molecule has 1 atom stereocenters. The molecular weight excluding hydrogens is 297 g/mol. The van der Waals surface area contributed by atoms with Crippen molar-refractivity contribution in [3.8, 4) is 0 Å². The average molecular weight is 310 g/mol. The topological polar surface area (TPSA) is 88.3 Å². The van der Waals surface area contributed by atoms with Crippen molar-refractivity contribution < 1.29 is 22.8 Å². The van der Waals surface area contributed by atoms with Gasteiger partial charge in [0.05, 0.1) is 12.6 Å². The van der Waals surface area contributed by atoms with E-state index in [-0.39, 0.29) is 10.8 Å². The number of aromatic nitrogens is 1. The van der Waals surface area contributed by atoms with Gasteiger partial charge < -0.3 is 11.1 Å². The van der Waals surface area contributed by atoms with Gasteiger partial charge in [0.2, 0.25) is 5.91 Å². The van der Waals surface area contributed by atoms with E-state index < -0.39 is 30.6 Å². The Morgan fingerprint density at radius 1 is 1.55 bits per heavy atom. The van der Waals surface area contributed by atoms with Crippen molar-refractivity contribution in [1.29, 1.82) is 0 Å². The van der Waals surface area contributed by atoms with Crippen molar-refractivity contribution in [3.05, 3.63) is 11.1 Å². The van der Waals surface area contributed by atoms with Crippen LogP contribution >= 0.6 is 11.3 Å². The fraction of sp³-hybridized carbons (Fsp3) is 0.500. The first-order chi connectivity index (χ1) is 9.10. The number of hydrogen-bond donors (Lipinski definition) is 2. The Balaban J connectivity index is 2.63. The Morgan fingerprint density at radius 2 is 2.15 bits per heavy atom. The lowest BCUT2D eigenvalue weighted by molar-refractivity contribution is -0.149. The molecule has 0 radical (unpaired) electrons. The van der Waals surface area contributed by atoms with Gasteiger partial charge in [0.25, 0.3) is 5.91 Å². The molecule has 0 bridgehead atoms. The van der Waals surface area contributed by atoms with Crippen LogP contribution in [0.25, 0.3) is 0 Å². The van der Waals surface area contributed by atoms with E-state index in [1.54, 1.807) is 0 Å². The Labute approximate surface area is 116 Å². The van der Waals surface area contributed by atoms with E-state index in [9.17, 15) is 22.8 Å². The molecule has 1 heterocycles. The van der Waals surface area contributed by atoms with E-state index in [1.165, 1.54) is 19.4 Å². The zero-order chi connectivity index (χ0) is 15.5. The normalized spacial score (nSPS) is 13.3. The highest BCUT2D eigenvalue weighted by molar-refractivity contribution is 7.14. The second kappa shape index (κ2) is 6.18. The van der Waals surface area contributed by atoms with Gasteiger partial charge in [-0.05, 0) is 14.0 Å². The van der Waals surface area contributed by atoms with Gasteiger partial charge in [-0.1, -0.05) is 0 Å². The molecule has 0 aliphatic rings. The minimum absolute atomic E-state index is 0.0124. The Hall–Kier alpha value is -1.68. The molecule has 2 amide bonds. The molecule has 10 heteroatoms. The molecule has 1 aromatic heterocycles. The van der Waals surface area contributed by atoms with E-state index in [0.29, 0.717) is 0 Å². The predicted molar refractivity (Wildman–Crippen MR) is 67.4 cm³/mol. The van der Waals surface area contributed by atoms with Crippen LogP contribution in [0.1, 0.15) is 17.4 Å². The summed E-state index contributed by atoms with van der Waals surface area (Å²) in [4.78, 5) is 27.2. The van der Waals surface area contributed by atoms with Gasteiger partial charge in [-0.3, -0.25) is 14.5 Å². The summed E-state index contributed by atoms with van der Waals surface area (Å²) in [5.41, 5.74) is 4.98. The lowest BCUT2D eigenvalue weighted by Crippen LogP contribution is -2.44. The predicted octanol–water partition coefficient (Wildman–Crippen LogP) is 1.06. The maximum Gasteiger partial charge on any atom is 0.401 e. The van der Waals surface area contributed by atoms with Gasteiger partial charge >= 0.3 is 6.18 Å². The number of likely N-dealkylation sites (N-methyl/N-ethyl adjacent to an activating group) is 1. The highest BCUT2D eigenvalue weighted by atomic mass is 32.1. The van der Waals surface area contributed by atoms with Crippen LogP contribution in [0.4, 0.5) is 18.3 Å². The van der Waals surface area contributed by atoms with E-state index >= 15 is 0 Å². The fourth-order valence-corrected chi connectivity index (χ4v) is 1.98. The molecule has 1 rings (SSSR count). The third kappa shape index (κ3) is 4.78. The number of nitrogens with two attached hydrogens (primary N) is 1. The Bertz CT molecular complexity index is 503. The number of alkyl halides is 3. The number of carbonyl (C=O) groups is 2. The molecule has 20 heavy (non-hydrogen) atoms. The number of anilines is 1. The summed E-state index contributed by atoms with van der Waals surface area (Å²) in [6.07, 6.45) is -4.39. The van der Waals surface area contributed by atoms with Crippen molar-refractivity contribution in [2.75, 3.05) is 18.9 Å². The number of thiazole rings is 1. The van der Waals surface area contributed by atoms with Crippen LogP contribution < -0.4 is 11.1 Å². The number of nitrogens with one attached hydrogen (secondary N) is 1. The van der Waals surface area contributed by atoms with Crippen molar-refractivity contribution in [1.82, 2.24) is 9.88 Å². The highest BCUT2D eigenvalue weighted by Crippen LogP contribution is 2.18. The van der Waals surface area contributed by atoms with E-state index in [4.69, 9.17) is 5.73 Å². The number of nitrogens with zero attached hydrogens (tertiary/aromatic N) is 2. The summed E-state index contributed by atoms with van der Waals surface area (Å²) in [6, 6.07) is -1.00. The lowest BCUT2D eigenvalue weighted by atomic mass is 10.3. The summed E-state index contributed by atoms with van der Waals surface area (Å²) >= 11 is 0.964. The molecule has 0 saturated carbocycles. The molecule has 3 N–H and O–H groups in total. The molecule has 0 spiro atoms. The van der Waals surface area contributed by atoms with Gasteiger partial charge in [0, 0.05) is 5.38 Å². The van der Waals surface area contributed by atoms with Gasteiger partial charge in [0.15, 0.2) is 5.13 Å². The second-order valence-corrected chi connectivity index (χ2v) is 4.96. The molecule has 0 fully saturated rings. The van der Waals surface area contributed by atoms with Crippen molar-refractivity contribution in [2.24, 2.45) is 5.73 Å². The molecule has 0 aliphatic carbocycles. The largest absolute Gasteiger partial charge is 0.401 e. The summed E-state index contributed by atoms with van der Waals surface area (Å²) in [6.45, 7) is 0.135. The lowest BCUT2D eigenvalue weighted by Gasteiger charge is -2.24. The van der Waals surface area contributed by atoms with Crippen LogP contribution in [-0.4, -0.2) is 47.5 Å². The first kappa shape index (κ1) is 16.4. The third-order valence-corrected chi connectivity index (χ3v) is 3.21. The first-order valence-electron chi connectivity index (χ1n) is 5.43. The van der Waals surface area contributed by atoms with Gasteiger partial charge in [-0.25, -0.2) is 4.98 Å². The van der Waals surface area contributed by atoms with Crippen LogP contribution in [0.15, 0.2) is 5.38 Å². The van der Waals surface area contributed by atoms with Crippen LogP contribution in [0.5, 0.6) is 0 Å². The number of carbonyl (C=O) groups excluding carboxylic acids is 2. The van der Waals surface area contributed by atoms with E-state index in [1.807, 2.05) is 0 Å². The van der Waals surface area contributed by atoms with E-state index in [2.05, 4.69) is 10.3 Å². The SMILES string of the molecule is CC(C(=O)Nc1nc(C(N)=O)cs1)N(C)CC(F)(F)F. The summed E-state index contributed by atoms with van der Waals surface area (Å²) in [5.74, 6) is -1.40. The van der Waals surface area contributed by atoms with Crippen LogP contribution in [0, 0.1) is 0 Å². The second-order valence-electron chi connectivity index (χ2n) is 4.10. The zero-order valence-corrected chi connectivity index (χ0v) is 11.5. The van der Waals surface area contributed by atoms with Crippen LogP contribution in [0.2, 0.25) is 0 Å². The molecule has 0 saturated heterocycles. The Morgan fingerprint density at radius 3 is 2.60 bits per heavy atom. The minimum atomic E-state index is -4.39. The molecule has 112 valence electrons. The molecule has 1 unspecified atom stereocenters. The minimum Gasteiger partial charge on any atom is -0.364 e. The molecule has 0 aromatic carbocycles. The van der Waals surface area contributed by atoms with Crippen LogP contribution in [-0.2, 0) is 4.79 Å². The van der Waals surface area contributed by atoms with Gasteiger partial charge in [0.1, 0.15) is 5.69 Å². The quantitative estimate of drug-likeness (QED) is 0.851. The van der Waals surface area contributed by atoms with Crippen molar-refractivity contribution in [2.45, 2.75) is 19.1 Å². The number of halogens is 3. The van der Waals surface area contributed by atoms with Crippen molar-refractivity contribution >= 4 is 28.3 Å². The monoisotopic (exact) mass is 310 g/mol. The standard InChI is InChI=1S/C10H13F3N4O2S/c1-5(17(2)4-10(11,12)13)8(19)16-9-15-6(3-20-9)7(14)18/h3,5H,4H2,1-2H3,(H2,14,18)(H,15,16,19). The number of primary amides is 1. The molecule has 1 aromatic rings. The summed E-state index contributed by atoms with van der Waals surface area (Å²) in [5, 5.41) is 3.79. The smallest absolute Gasteiger partial charge is 0.364 e. The van der Waals surface area contributed by atoms with Gasteiger partial charge in [-0.2, -0.15) is 13.2 Å². The third-order valence-electron chi connectivity index (χ3n) is 2.46. The summed E-state index contributed by atoms with van der Waals surface area (Å²) < 4.78 is 36.6. The Kier molecular flexibility index (Phi) is 5.06. The highest BCUT2D eigenvalue weighted by Gasteiger charge is 2.32. The van der Waals surface area contributed by atoms with E-state index in [0.717, 1.165) is 16.2 Å². The number of amides is 2. The van der Waals surface area contributed by atoms with Crippen LogP contribution in [0.3, 0.4) is 0 Å². The maximum atomic E-state index is 12.2.